The summed E-state index contributed by atoms with van der Waals surface area (Å²) in [6, 6.07) is 11.2. The van der Waals surface area contributed by atoms with E-state index in [1.165, 1.54) is 0 Å². The van der Waals surface area contributed by atoms with E-state index in [-0.39, 0.29) is 0 Å². The van der Waals surface area contributed by atoms with E-state index >= 15 is 0 Å². The van der Waals surface area contributed by atoms with Crippen molar-refractivity contribution in [2.24, 2.45) is 0 Å². The van der Waals surface area contributed by atoms with Crippen molar-refractivity contribution < 1.29 is 4.74 Å². The number of nitrogens with zero attached hydrogens (tertiary/aromatic N) is 4. The van der Waals surface area contributed by atoms with Crippen LogP contribution in [0.4, 0.5) is 5.82 Å². The zero-order valence-corrected chi connectivity index (χ0v) is 14.9. The SMILES string of the molecule is Clc1ccc(OCCCN2CCN(c3ccc(Cl)nn3)CC2)cc1. The second kappa shape index (κ2) is 8.51. The molecule has 2 heterocycles. The summed E-state index contributed by atoms with van der Waals surface area (Å²) in [5, 5.41) is 9.20. The Hall–Kier alpha value is -1.56. The summed E-state index contributed by atoms with van der Waals surface area (Å²) in [6.07, 6.45) is 1.00. The molecule has 128 valence electrons. The van der Waals surface area contributed by atoms with Gasteiger partial charge in [0.1, 0.15) is 5.75 Å². The van der Waals surface area contributed by atoms with Gasteiger partial charge in [0.2, 0.25) is 0 Å². The van der Waals surface area contributed by atoms with Crippen LogP contribution in [0.25, 0.3) is 0 Å². The highest BCUT2D eigenvalue weighted by atomic mass is 35.5. The largest absolute Gasteiger partial charge is 0.494 e. The molecule has 1 fully saturated rings. The summed E-state index contributed by atoms with van der Waals surface area (Å²) in [4.78, 5) is 4.69. The van der Waals surface area contributed by atoms with Gasteiger partial charge >= 0.3 is 0 Å². The highest BCUT2D eigenvalue weighted by molar-refractivity contribution is 6.30. The number of rotatable bonds is 6. The minimum atomic E-state index is 0.429. The summed E-state index contributed by atoms with van der Waals surface area (Å²) in [5.41, 5.74) is 0. The molecule has 0 bridgehead atoms. The van der Waals surface area contributed by atoms with Crippen molar-refractivity contribution >= 4 is 29.0 Å². The van der Waals surface area contributed by atoms with Crippen molar-refractivity contribution in [2.45, 2.75) is 6.42 Å². The standard InChI is InChI=1S/C17H20Cl2N4O/c18-14-2-4-15(5-3-14)24-13-1-8-22-9-11-23(12-10-22)17-7-6-16(19)20-21-17/h2-7H,1,8-13H2. The Kier molecular flexibility index (Phi) is 6.12. The lowest BCUT2D eigenvalue weighted by molar-refractivity contribution is 0.224. The monoisotopic (exact) mass is 366 g/mol. The number of aromatic nitrogens is 2. The van der Waals surface area contributed by atoms with Crippen LogP contribution in [0.2, 0.25) is 10.2 Å². The van der Waals surface area contributed by atoms with Gasteiger partial charge in [0, 0.05) is 37.7 Å². The zero-order valence-electron chi connectivity index (χ0n) is 13.4. The topological polar surface area (TPSA) is 41.5 Å². The molecule has 3 rings (SSSR count). The highest BCUT2D eigenvalue weighted by Crippen LogP contribution is 2.16. The molecule has 0 aliphatic carbocycles. The molecule has 1 aromatic carbocycles. The van der Waals surface area contributed by atoms with Gasteiger partial charge in [-0.25, -0.2) is 0 Å². The molecule has 5 nitrogen and oxygen atoms in total. The van der Waals surface area contributed by atoms with E-state index in [4.69, 9.17) is 27.9 Å². The Balaban J connectivity index is 1.35. The molecular weight excluding hydrogens is 347 g/mol. The number of hydrogen-bond acceptors (Lipinski definition) is 5. The first-order valence-corrected chi connectivity index (χ1v) is 8.81. The maximum atomic E-state index is 5.86. The summed E-state index contributed by atoms with van der Waals surface area (Å²) in [5.74, 6) is 1.76. The molecule has 1 aromatic heterocycles. The molecule has 1 saturated heterocycles. The molecule has 0 N–H and O–H groups in total. The fraction of sp³-hybridized carbons (Fsp3) is 0.412. The summed E-state index contributed by atoms with van der Waals surface area (Å²) in [7, 11) is 0. The van der Waals surface area contributed by atoms with Gasteiger partial charge in [-0.15, -0.1) is 10.2 Å². The first kappa shape index (κ1) is 17.3. The Bertz CT molecular complexity index is 628. The van der Waals surface area contributed by atoms with Gasteiger partial charge in [-0.1, -0.05) is 23.2 Å². The minimum Gasteiger partial charge on any atom is -0.494 e. The maximum Gasteiger partial charge on any atom is 0.151 e. The van der Waals surface area contributed by atoms with Gasteiger partial charge in [0.05, 0.1) is 6.61 Å². The van der Waals surface area contributed by atoms with Crippen molar-refractivity contribution in [3.05, 3.63) is 46.6 Å². The smallest absolute Gasteiger partial charge is 0.151 e. The fourth-order valence-corrected chi connectivity index (χ4v) is 2.91. The first-order chi connectivity index (χ1) is 11.7. The lowest BCUT2D eigenvalue weighted by Crippen LogP contribution is -2.47. The number of hydrogen-bond donors (Lipinski definition) is 0. The highest BCUT2D eigenvalue weighted by Gasteiger charge is 2.17. The normalized spacial score (nSPS) is 15.5. The van der Waals surface area contributed by atoms with E-state index in [0.29, 0.717) is 11.8 Å². The van der Waals surface area contributed by atoms with Crippen molar-refractivity contribution in [3.8, 4) is 5.75 Å². The van der Waals surface area contributed by atoms with Crippen molar-refractivity contribution in [1.82, 2.24) is 15.1 Å². The van der Waals surface area contributed by atoms with E-state index < -0.39 is 0 Å². The lowest BCUT2D eigenvalue weighted by atomic mass is 10.3. The van der Waals surface area contributed by atoms with Gasteiger partial charge in [0.15, 0.2) is 11.0 Å². The molecule has 0 spiro atoms. The summed E-state index contributed by atoms with van der Waals surface area (Å²) < 4.78 is 5.73. The van der Waals surface area contributed by atoms with E-state index in [9.17, 15) is 0 Å². The van der Waals surface area contributed by atoms with Gasteiger partial charge in [-0.05, 0) is 42.8 Å². The quantitative estimate of drug-likeness (QED) is 0.733. The van der Waals surface area contributed by atoms with Crippen LogP contribution in [0.1, 0.15) is 6.42 Å². The molecular formula is C17H20Cl2N4O. The number of benzene rings is 1. The average Bonchev–Trinajstić information content (AvgIpc) is 2.62. The number of ether oxygens (including phenoxy) is 1. The molecule has 0 amide bonds. The van der Waals surface area contributed by atoms with Crippen LogP contribution in [0, 0.1) is 0 Å². The Labute approximate surface area is 152 Å². The predicted molar refractivity (Wildman–Crippen MR) is 97.3 cm³/mol. The second-order valence-corrected chi connectivity index (χ2v) is 6.52. The van der Waals surface area contributed by atoms with Crippen molar-refractivity contribution in [2.75, 3.05) is 44.2 Å². The number of halogens is 2. The molecule has 7 heteroatoms. The molecule has 1 aliphatic heterocycles. The molecule has 0 atom stereocenters. The third-order valence-corrected chi connectivity index (χ3v) is 4.47. The third-order valence-electron chi connectivity index (χ3n) is 4.02. The molecule has 2 aromatic rings. The van der Waals surface area contributed by atoms with Crippen LogP contribution >= 0.6 is 23.2 Å². The molecule has 1 aliphatic rings. The van der Waals surface area contributed by atoms with E-state index in [1.54, 1.807) is 6.07 Å². The molecule has 24 heavy (non-hydrogen) atoms. The Morgan fingerprint density at radius 1 is 0.917 bits per heavy atom. The first-order valence-electron chi connectivity index (χ1n) is 8.05. The summed E-state index contributed by atoms with van der Waals surface area (Å²) in [6.45, 7) is 5.69. The van der Waals surface area contributed by atoms with Gasteiger partial charge in [0.25, 0.3) is 0 Å². The second-order valence-electron chi connectivity index (χ2n) is 5.70. The average molecular weight is 367 g/mol. The van der Waals surface area contributed by atoms with Crippen molar-refractivity contribution in [1.29, 1.82) is 0 Å². The van der Waals surface area contributed by atoms with E-state index in [2.05, 4.69) is 20.0 Å². The maximum absolute atomic E-state index is 5.86. The van der Waals surface area contributed by atoms with Crippen LogP contribution in [-0.4, -0.2) is 54.4 Å². The Morgan fingerprint density at radius 2 is 1.67 bits per heavy atom. The van der Waals surface area contributed by atoms with Crippen LogP contribution in [-0.2, 0) is 0 Å². The molecule has 0 saturated carbocycles. The van der Waals surface area contributed by atoms with Gasteiger partial charge in [-0.2, -0.15) is 0 Å². The molecule has 0 unspecified atom stereocenters. The number of piperazine rings is 1. The lowest BCUT2D eigenvalue weighted by Gasteiger charge is -2.35. The third kappa shape index (κ3) is 4.97. The predicted octanol–water partition coefficient (Wildman–Crippen LogP) is 3.37. The van der Waals surface area contributed by atoms with Crippen LogP contribution in [0.5, 0.6) is 5.75 Å². The van der Waals surface area contributed by atoms with Gasteiger partial charge in [-0.3, -0.25) is 4.90 Å². The van der Waals surface area contributed by atoms with E-state index in [0.717, 1.165) is 55.7 Å². The zero-order chi connectivity index (χ0) is 16.8. The summed E-state index contributed by atoms with van der Waals surface area (Å²) >= 11 is 11.6. The minimum absolute atomic E-state index is 0.429. The van der Waals surface area contributed by atoms with Crippen LogP contribution in [0.3, 0.4) is 0 Å². The van der Waals surface area contributed by atoms with Crippen molar-refractivity contribution in [3.63, 3.8) is 0 Å². The number of anilines is 1. The van der Waals surface area contributed by atoms with Crippen LogP contribution in [0.15, 0.2) is 36.4 Å². The van der Waals surface area contributed by atoms with Gasteiger partial charge < -0.3 is 9.64 Å². The fourth-order valence-electron chi connectivity index (χ4n) is 2.69. The Morgan fingerprint density at radius 3 is 2.33 bits per heavy atom. The van der Waals surface area contributed by atoms with Crippen LogP contribution < -0.4 is 9.64 Å². The molecule has 0 radical (unpaired) electrons. The van der Waals surface area contributed by atoms with E-state index in [1.807, 2.05) is 30.3 Å².